The molecular weight excluding hydrogens is 236 g/mol. The predicted molar refractivity (Wildman–Crippen MR) is 65.1 cm³/mol. The second-order valence-corrected chi connectivity index (χ2v) is 4.03. The average Bonchev–Trinajstić information content (AvgIpc) is 2.86. The van der Waals surface area contributed by atoms with Crippen molar-refractivity contribution in [3.8, 4) is 0 Å². The zero-order chi connectivity index (χ0) is 13.5. The molecule has 0 bridgehead atoms. The fraction of sp³-hybridized carbons (Fsp3) is 0.500. The number of carbonyl (C=O) groups excluding carboxylic acids is 1. The van der Waals surface area contributed by atoms with Gasteiger partial charge in [0.05, 0.1) is 6.26 Å². The third-order valence-electron chi connectivity index (χ3n) is 2.74. The number of aliphatic carboxylic acids is 1. The molecule has 1 amide bonds. The number of carboxylic acid groups (broad SMARTS) is 1. The van der Waals surface area contributed by atoms with Gasteiger partial charge in [-0.1, -0.05) is 0 Å². The number of nitrogens with two attached hydrogens (primary N) is 1. The van der Waals surface area contributed by atoms with Gasteiger partial charge in [-0.3, -0.25) is 4.79 Å². The molecule has 0 aromatic carbocycles. The lowest BCUT2D eigenvalue weighted by atomic mass is 10.1. The molecule has 1 atom stereocenters. The molecule has 0 radical (unpaired) electrons. The number of carboxylic acids is 1. The molecule has 0 saturated carbocycles. The number of rotatable bonds is 7. The van der Waals surface area contributed by atoms with Gasteiger partial charge in [-0.25, -0.2) is 4.79 Å². The van der Waals surface area contributed by atoms with E-state index in [0.717, 1.165) is 6.42 Å². The Morgan fingerprint density at radius 1 is 1.50 bits per heavy atom. The van der Waals surface area contributed by atoms with Crippen molar-refractivity contribution < 1.29 is 19.1 Å². The van der Waals surface area contributed by atoms with E-state index in [9.17, 15) is 9.59 Å². The molecule has 0 fully saturated rings. The SMILES string of the molecule is CN(C(=O)c1ccco1)[C@@H](CCCCN)C(=O)O. The van der Waals surface area contributed by atoms with E-state index in [1.807, 2.05) is 0 Å². The highest BCUT2D eigenvalue weighted by molar-refractivity contribution is 5.94. The van der Waals surface area contributed by atoms with Crippen molar-refractivity contribution in [2.45, 2.75) is 25.3 Å². The summed E-state index contributed by atoms with van der Waals surface area (Å²) < 4.78 is 4.97. The lowest BCUT2D eigenvalue weighted by molar-refractivity contribution is -0.142. The van der Waals surface area contributed by atoms with Crippen LogP contribution in [0.4, 0.5) is 0 Å². The van der Waals surface area contributed by atoms with E-state index >= 15 is 0 Å². The molecule has 0 aliphatic heterocycles. The molecule has 1 aromatic rings. The molecule has 100 valence electrons. The zero-order valence-corrected chi connectivity index (χ0v) is 10.3. The average molecular weight is 254 g/mol. The van der Waals surface area contributed by atoms with Gasteiger partial charge in [0.25, 0.3) is 5.91 Å². The van der Waals surface area contributed by atoms with Crippen LogP contribution in [0.1, 0.15) is 29.8 Å². The summed E-state index contributed by atoms with van der Waals surface area (Å²) in [6.07, 6.45) is 3.18. The fourth-order valence-electron chi connectivity index (χ4n) is 1.68. The first-order valence-electron chi connectivity index (χ1n) is 5.81. The molecule has 0 spiro atoms. The fourth-order valence-corrected chi connectivity index (χ4v) is 1.68. The number of unbranched alkanes of at least 4 members (excludes halogenated alkanes) is 1. The lowest BCUT2D eigenvalue weighted by Crippen LogP contribution is -2.42. The summed E-state index contributed by atoms with van der Waals surface area (Å²) in [5.74, 6) is -1.31. The van der Waals surface area contributed by atoms with E-state index in [1.54, 1.807) is 6.07 Å². The highest BCUT2D eigenvalue weighted by Gasteiger charge is 2.27. The third kappa shape index (κ3) is 3.59. The van der Waals surface area contributed by atoms with Gasteiger partial charge in [-0.05, 0) is 37.9 Å². The topological polar surface area (TPSA) is 96.8 Å². The smallest absolute Gasteiger partial charge is 0.326 e. The molecule has 6 nitrogen and oxygen atoms in total. The Morgan fingerprint density at radius 3 is 2.72 bits per heavy atom. The van der Waals surface area contributed by atoms with Crippen LogP contribution in [0.3, 0.4) is 0 Å². The minimum Gasteiger partial charge on any atom is -0.480 e. The van der Waals surface area contributed by atoms with Gasteiger partial charge in [0.2, 0.25) is 0 Å². The van der Waals surface area contributed by atoms with Gasteiger partial charge in [0, 0.05) is 7.05 Å². The van der Waals surface area contributed by atoms with Gasteiger partial charge in [0.1, 0.15) is 6.04 Å². The molecule has 1 aromatic heterocycles. The van der Waals surface area contributed by atoms with Crippen LogP contribution >= 0.6 is 0 Å². The van der Waals surface area contributed by atoms with Crippen LogP contribution in [0.2, 0.25) is 0 Å². The van der Waals surface area contributed by atoms with Crippen molar-refractivity contribution in [1.29, 1.82) is 0 Å². The largest absolute Gasteiger partial charge is 0.480 e. The van der Waals surface area contributed by atoms with Crippen LogP contribution in [-0.2, 0) is 4.79 Å². The molecule has 18 heavy (non-hydrogen) atoms. The Morgan fingerprint density at radius 2 is 2.22 bits per heavy atom. The van der Waals surface area contributed by atoms with Crippen molar-refractivity contribution in [3.05, 3.63) is 24.2 Å². The van der Waals surface area contributed by atoms with Gasteiger partial charge in [-0.15, -0.1) is 0 Å². The minimum absolute atomic E-state index is 0.141. The van der Waals surface area contributed by atoms with Gasteiger partial charge in [0.15, 0.2) is 5.76 Å². The Hall–Kier alpha value is -1.82. The lowest BCUT2D eigenvalue weighted by Gasteiger charge is -2.23. The number of hydrogen-bond donors (Lipinski definition) is 2. The highest BCUT2D eigenvalue weighted by atomic mass is 16.4. The molecule has 0 aliphatic rings. The molecule has 1 rings (SSSR count). The Kier molecular flexibility index (Phi) is 5.38. The van der Waals surface area contributed by atoms with E-state index in [1.165, 1.54) is 24.3 Å². The molecule has 1 heterocycles. The second kappa shape index (κ2) is 6.80. The number of carbonyl (C=O) groups is 2. The maximum Gasteiger partial charge on any atom is 0.326 e. The van der Waals surface area contributed by atoms with Crippen molar-refractivity contribution in [2.24, 2.45) is 5.73 Å². The first kappa shape index (κ1) is 14.2. The zero-order valence-electron chi connectivity index (χ0n) is 10.3. The Balaban J connectivity index is 2.67. The maximum absolute atomic E-state index is 11.9. The number of furan rings is 1. The van der Waals surface area contributed by atoms with Crippen LogP contribution in [0.15, 0.2) is 22.8 Å². The number of nitrogens with zero attached hydrogens (tertiary/aromatic N) is 1. The summed E-state index contributed by atoms with van der Waals surface area (Å²) >= 11 is 0. The summed E-state index contributed by atoms with van der Waals surface area (Å²) in [7, 11) is 1.46. The van der Waals surface area contributed by atoms with Crippen molar-refractivity contribution in [2.75, 3.05) is 13.6 Å². The van der Waals surface area contributed by atoms with E-state index in [4.69, 9.17) is 15.3 Å². The number of hydrogen-bond acceptors (Lipinski definition) is 4. The molecule has 3 N–H and O–H groups in total. The van der Waals surface area contributed by atoms with Gasteiger partial charge < -0.3 is 20.2 Å². The van der Waals surface area contributed by atoms with Crippen LogP contribution < -0.4 is 5.73 Å². The molecule has 0 unspecified atom stereocenters. The third-order valence-corrected chi connectivity index (χ3v) is 2.74. The normalized spacial score (nSPS) is 12.1. The van der Waals surface area contributed by atoms with Crippen LogP contribution in [0.5, 0.6) is 0 Å². The Bertz CT molecular complexity index is 389. The summed E-state index contributed by atoms with van der Waals surface area (Å²) in [6.45, 7) is 0.516. The Labute approximate surface area is 105 Å². The van der Waals surface area contributed by atoms with Gasteiger partial charge >= 0.3 is 5.97 Å². The van der Waals surface area contributed by atoms with Crippen LogP contribution in [0, 0.1) is 0 Å². The summed E-state index contributed by atoms with van der Waals surface area (Å²) in [6, 6.07) is 2.25. The van der Waals surface area contributed by atoms with E-state index in [-0.39, 0.29) is 5.76 Å². The first-order valence-corrected chi connectivity index (χ1v) is 5.81. The van der Waals surface area contributed by atoms with E-state index < -0.39 is 17.9 Å². The first-order chi connectivity index (χ1) is 8.57. The molecule has 0 saturated heterocycles. The van der Waals surface area contributed by atoms with Crippen molar-refractivity contribution in [3.63, 3.8) is 0 Å². The van der Waals surface area contributed by atoms with E-state index in [2.05, 4.69) is 0 Å². The summed E-state index contributed by atoms with van der Waals surface area (Å²) in [4.78, 5) is 24.3. The predicted octanol–water partition coefficient (Wildman–Crippen LogP) is 0.934. The highest BCUT2D eigenvalue weighted by Crippen LogP contribution is 2.12. The monoisotopic (exact) mass is 254 g/mol. The van der Waals surface area contributed by atoms with E-state index in [0.29, 0.717) is 19.4 Å². The maximum atomic E-state index is 11.9. The minimum atomic E-state index is -1.02. The molecule has 6 heteroatoms. The number of amides is 1. The molecule has 0 aliphatic carbocycles. The summed E-state index contributed by atoms with van der Waals surface area (Å²) in [5.41, 5.74) is 5.36. The van der Waals surface area contributed by atoms with Gasteiger partial charge in [-0.2, -0.15) is 0 Å². The van der Waals surface area contributed by atoms with Crippen LogP contribution in [-0.4, -0.2) is 41.5 Å². The molecular formula is C12H18N2O4. The standard InChI is InChI=1S/C12H18N2O4/c1-14(11(15)10-6-4-8-18-10)9(12(16)17)5-2-3-7-13/h4,6,8-9H,2-3,5,7,13H2,1H3,(H,16,17)/t9-/m0/s1. The second-order valence-electron chi connectivity index (χ2n) is 4.03. The number of likely N-dealkylation sites (N-methyl/N-ethyl adjacent to an activating group) is 1. The van der Waals surface area contributed by atoms with Crippen molar-refractivity contribution in [1.82, 2.24) is 4.90 Å². The quantitative estimate of drug-likeness (QED) is 0.706. The summed E-state index contributed by atoms with van der Waals surface area (Å²) in [5, 5.41) is 9.13. The van der Waals surface area contributed by atoms with Crippen LogP contribution in [0.25, 0.3) is 0 Å². The van der Waals surface area contributed by atoms with Crippen molar-refractivity contribution >= 4 is 11.9 Å².